The fraction of sp³-hybridized carbons (Fsp3) is 0.765. The van der Waals surface area contributed by atoms with Crippen molar-refractivity contribution in [2.45, 2.75) is 64.5 Å². The molecule has 22 heavy (non-hydrogen) atoms. The summed E-state index contributed by atoms with van der Waals surface area (Å²) in [7, 11) is 1.54. The van der Waals surface area contributed by atoms with Gasteiger partial charge in [-0.2, -0.15) is 0 Å². The van der Waals surface area contributed by atoms with Crippen molar-refractivity contribution in [3.63, 3.8) is 0 Å². The number of carbonyl (C=O) groups excluding carboxylic acids is 2. The standard InChI is InChI=1S/C17H30N2O3/c1-13(2)9-5-4-6-11-15(22-3)17(21)19-14-10-7-8-12-18-16(14)20/h5,9,13-15H,4,6-8,10-12H2,1-3H3,(H,18,20)(H,19,21)/b9-5+. The predicted octanol–water partition coefficient (Wildman–Crippen LogP) is 2.17. The molecule has 1 heterocycles. The lowest BCUT2D eigenvalue weighted by Crippen LogP contribution is -2.49. The Labute approximate surface area is 133 Å². The molecule has 1 rings (SSSR count). The Balaban J connectivity index is 2.38. The molecule has 1 aliphatic rings. The number of methoxy groups -OCH3 is 1. The Morgan fingerprint density at radius 3 is 2.91 bits per heavy atom. The van der Waals surface area contributed by atoms with E-state index < -0.39 is 12.1 Å². The van der Waals surface area contributed by atoms with Gasteiger partial charge in [-0.15, -0.1) is 0 Å². The van der Waals surface area contributed by atoms with Crippen LogP contribution in [0.2, 0.25) is 0 Å². The molecule has 0 spiro atoms. The maximum absolute atomic E-state index is 12.2. The summed E-state index contributed by atoms with van der Waals surface area (Å²) in [6.07, 6.45) is 8.94. The molecule has 0 saturated carbocycles. The lowest BCUT2D eigenvalue weighted by atomic mass is 10.1. The van der Waals surface area contributed by atoms with Gasteiger partial charge in [0.2, 0.25) is 11.8 Å². The predicted molar refractivity (Wildman–Crippen MR) is 87.4 cm³/mol. The summed E-state index contributed by atoms with van der Waals surface area (Å²) in [5.74, 6) is 0.285. The van der Waals surface area contributed by atoms with E-state index in [4.69, 9.17) is 4.74 Å². The van der Waals surface area contributed by atoms with Crippen molar-refractivity contribution in [3.05, 3.63) is 12.2 Å². The first-order valence-corrected chi connectivity index (χ1v) is 8.32. The number of unbranched alkanes of at least 4 members (excludes halogenated alkanes) is 1. The third-order valence-corrected chi connectivity index (χ3v) is 3.79. The number of hydrogen-bond donors (Lipinski definition) is 2. The topological polar surface area (TPSA) is 67.4 Å². The summed E-state index contributed by atoms with van der Waals surface area (Å²) in [5.41, 5.74) is 0. The zero-order valence-electron chi connectivity index (χ0n) is 14.1. The van der Waals surface area contributed by atoms with E-state index in [9.17, 15) is 9.59 Å². The van der Waals surface area contributed by atoms with Gasteiger partial charge in [0.25, 0.3) is 0 Å². The van der Waals surface area contributed by atoms with E-state index in [0.29, 0.717) is 25.3 Å². The molecule has 0 aliphatic carbocycles. The van der Waals surface area contributed by atoms with Crippen LogP contribution in [-0.4, -0.2) is 37.6 Å². The van der Waals surface area contributed by atoms with E-state index >= 15 is 0 Å². The van der Waals surface area contributed by atoms with E-state index in [0.717, 1.165) is 25.7 Å². The average Bonchev–Trinajstić information content (AvgIpc) is 2.67. The highest BCUT2D eigenvalue weighted by Crippen LogP contribution is 2.09. The number of carbonyl (C=O) groups is 2. The molecule has 1 fully saturated rings. The number of allylic oxidation sites excluding steroid dienone is 2. The average molecular weight is 310 g/mol. The monoisotopic (exact) mass is 310 g/mol. The van der Waals surface area contributed by atoms with Crippen LogP contribution in [0.5, 0.6) is 0 Å². The third-order valence-electron chi connectivity index (χ3n) is 3.79. The highest BCUT2D eigenvalue weighted by Gasteiger charge is 2.26. The first kappa shape index (κ1) is 18.7. The third kappa shape index (κ3) is 7.07. The second-order valence-corrected chi connectivity index (χ2v) is 6.18. The van der Waals surface area contributed by atoms with Gasteiger partial charge >= 0.3 is 0 Å². The van der Waals surface area contributed by atoms with Crippen molar-refractivity contribution in [1.82, 2.24) is 10.6 Å². The normalized spacial score (nSPS) is 20.7. The summed E-state index contributed by atoms with van der Waals surface area (Å²) in [5, 5.41) is 5.65. The van der Waals surface area contributed by atoms with Crippen LogP contribution in [0.1, 0.15) is 52.4 Å². The largest absolute Gasteiger partial charge is 0.372 e. The van der Waals surface area contributed by atoms with Gasteiger partial charge in [-0.25, -0.2) is 0 Å². The van der Waals surface area contributed by atoms with Crippen molar-refractivity contribution in [2.24, 2.45) is 5.92 Å². The highest BCUT2D eigenvalue weighted by atomic mass is 16.5. The fourth-order valence-corrected chi connectivity index (χ4v) is 2.49. The van der Waals surface area contributed by atoms with Gasteiger partial charge in [-0.3, -0.25) is 9.59 Å². The van der Waals surface area contributed by atoms with Crippen molar-refractivity contribution in [2.75, 3.05) is 13.7 Å². The highest BCUT2D eigenvalue weighted by molar-refractivity contribution is 5.89. The maximum atomic E-state index is 12.2. The molecular weight excluding hydrogens is 280 g/mol. The van der Waals surface area contributed by atoms with Crippen LogP contribution in [0.3, 0.4) is 0 Å². The van der Waals surface area contributed by atoms with E-state index in [-0.39, 0.29) is 11.8 Å². The molecule has 0 bridgehead atoms. The number of amides is 2. The molecule has 2 atom stereocenters. The van der Waals surface area contributed by atoms with Crippen LogP contribution in [0, 0.1) is 5.92 Å². The van der Waals surface area contributed by atoms with Crippen LogP contribution < -0.4 is 10.6 Å². The quantitative estimate of drug-likeness (QED) is 0.533. The zero-order valence-corrected chi connectivity index (χ0v) is 14.1. The molecule has 1 aliphatic heterocycles. The summed E-state index contributed by atoms with van der Waals surface area (Å²) in [6, 6.07) is -0.423. The molecule has 0 radical (unpaired) electrons. The molecule has 0 aromatic rings. The number of nitrogens with one attached hydrogen (secondary N) is 2. The second-order valence-electron chi connectivity index (χ2n) is 6.18. The van der Waals surface area contributed by atoms with Crippen LogP contribution in [0.25, 0.3) is 0 Å². The SMILES string of the molecule is COC(CCC/C=C/C(C)C)C(=O)NC1CCCCNC1=O. The molecule has 5 heteroatoms. The lowest BCUT2D eigenvalue weighted by molar-refractivity contribution is -0.135. The van der Waals surface area contributed by atoms with Crippen LogP contribution in [0.4, 0.5) is 0 Å². The van der Waals surface area contributed by atoms with E-state index in [1.54, 1.807) is 7.11 Å². The Morgan fingerprint density at radius 1 is 1.45 bits per heavy atom. The maximum Gasteiger partial charge on any atom is 0.249 e. The minimum absolute atomic E-state index is 0.0828. The van der Waals surface area contributed by atoms with Crippen molar-refractivity contribution >= 4 is 11.8 Å². The van der Waals surface area contributed by atoms with Crippen LogP contribution in [-0.2, 0) is 14.3 Å². The molecule has 5 nitrogen and oxygen atoms in total. The Hall–Kier alpha value is -1.36. The van der Waals surface area contributed by atoms with Crippen LogP contribution in [0.15, 0.2) is 12.2 Å². The molecular formula is C17H30N2O3. The van der Waals surface area contributed by atoms with Crippen molar-refractivity contribution in [3.8, 4) is 0 Å². The van der Waals surface area contributed by atoms with Gasteiger partial charge in [0, 0.05) is 13.7 Å². The van der Waals surface area contributed by atoms with Gasteiger partial charge in [-0.1, -0.05) is 26.0 Å². The minimum atomic E-state index is -0.483. The summed E-state index contributed by atoms with van der Waals surface area (Å²) in [6.45, 7) is 4.97. The Kier molecular flexibility index (Phi) is 8.82. The van der Waals surface area contributed by atoms with E-state index in [2.05, 4.69) is 36.6 Å². The van der Waals surface area contributed by atoms with E-state index in [1.165, 1.54) is 0 Å². The molecule has 2 N–H and O–H groups in total. The number of hydrogen-bond acceptors (Lipinski definition) is 3. The van der Waals surface area contributed by atoms with Gasteiger partial charge < -0.3 is 15.4 Å². The second kappa shape index (κ2) is 10.4. The fourth-order valence-electron chi connectivity index (χ4n) is 2.49. The zero-order chi connectivity index (χ0) is 16.4. The molecule has 1 saturated heterocycles. The first-order chi connectivity index (χ1) is 10.5. The summed E-state index contributed by atoms with van der Waals surface area (Å²) < 4.78 is 5.28. The van der Waals surface area contributed by atoms with Gasteiger partial charge in [0.05, 0.1) is 0 Å². The molecule has 2 unspecified atom stereocenters. The molecule has 0 aromatic heterocycles. The Morgan fingerprint density at radius 2 is 2.23 bits per heavy atom. The number of ether oxygens (including phenoxy) is 1. The van der Waals surface area contributed by atoms with Crippen molar-refractivity contribution in [1.29, 1.82) is 0 Å². The molecule has 2 amide bonds. The summed E-state index contributed by atoms with van der Waals surface area (Å²) >= 11 is 0. The first-order valence-electron chi connectivity index (χ1n) is 8.32. The van der Waals surface area contributed by atoms with Gasteiger partial charge in [0.1, 0.15) is 12.1 Å². The van der Waals surface area contributed by atoms with Crippen molar-refractivity contribution < 1.29 is 14.3 Å². The molecule has 126 valence electrons. The van der Waals surface area contributed by atoms with Crippen LogP contribution >= 0.6 is 0 Å². The molecule has 0 aromatic carbocycles. The lowest BCUT2D eigenvalue weighted by Gasteiger charge is -2.20. The van der Waals surface area contributed by atoms with Gasteiger partial charge in [0.15, 0.2) is 0 Å². The smallest absolute Gasteiger partial charge is 0.249 e. The summed E-state index contributed by atoms with van der Waals surface area (Å²) in [4.78, 5) is 24.1. The minimum Gasteiger partial charge on any atom is -0.372 e. The van der Waals surface area contributed by atoms with Gasteiger partial charge in [-0.05, 0) is 44.4 Å². The number of rotatable bonds is 8. The Bertz CT molecular complexity index is 380. The van der Waals surface area contributed by atoms with E-state index in [1.807, 2.05) is 0 Å².